The van der Waals surface area contributed by atoms with Crippen LogP contribution in [0.4, 0.5) is 0 Å². The van der Waals surface area contributed by atoms with Gasteiger partial charge in [-0.25, -0.2) is 0 Å². The van der Waals surface area contributed by atoms with Crippen LogP contribution in [0, 0.1) is 13.8 Å². The number of hydrogen-bond acceptors (Lipinski definition) is 2. The first-order valence-electron chi connectivity index (χ1n) is 5.47. The van der Waals surface area contributed by atoms with E-state index in [2.05, 4.69) is 0 Å². The van der Waals surface area contributed by atoms with Crippen molar-refractivity contribution in [3.63, 3.8) is 0 Å². The van der Waals surface area contributed by atoms with Crippen LogP contribution in [-0.2, 0) is 0 Å². The Balaban J connectivity index is 2.55. The van der Waals surface area contributed by atoms with Crippen molar-refractivity contribution < 1.29 is 9.90 Å². The van der Waals surface area contributed by atoms with Crippen molar-refractivity contribution in [2.75, 3.05) is 0 Å². The molecule has 17 heavy (non-hydrogen) atoms. The maximum absolute atomic E-state index is 10.8. The number of carboxylic acids is 1. The fourth-order valence-electron chi connectivity index (χ4n) is 1.97. The van der Waals surface area contributed by atoms with Gasteiger partial charge >= 0.3 is 0 Å². The highest BCUT2D eigenvalue weighted by molar-refractivity contribution is 5.87. The second-order valence-electron chi connectivity index (χ2n) is 4.13. The molecular weight excluding hydrogens is 212 g/mol. The van der Waals surface area contributed by atoms with Crippen molar-refractivity contribution in [3.05, 3.63) is 59.2 Å². The first kappa shape index (κ1) is 11.4. The zero-order chi connectivity index (χ0) is 12.4. The Morgan fingerprint density at radius 2 is 1.59 bits per heavy atom. The second-order valence-corrected chi connectivity index (χ2v) is 4.13. The molecule has 0 aliphatic rings. The molecule has 0 saturated carbocycles. The standard InChI is InChI=1S/C15H14O2/c1-10-5-3-4-6-13(10)14-8-7-12(15(16)17)9-11(14)2/h3-9H,1-2H3,(H,16,17)/p-1. The molecule has 0 aliphatic heterocycles. The average molecular weight is 225 g/mol. The van der Waals surface area contributed by atoms with Gasteiger partial charge in [-0.1, -0.05) is 36.4 Å². The molecule has 0 amide bonds. The molecule has 0 radical (unpaired) electrons. The number of carbonyl (C=O) groups is 1. The van der Waals surface area contributed by atoms with E-state index in [0.717, 1.165) is 16.7 Å². The summed E-state index contributed by atoms with van der Waals surface area (Å²) in [6, 6.07) is 13.1. The highest BCUT2D eigenvalue weighted by atomic mass is 16.4. The third-order valence-corrected chi connectivity index (χ3v) is 2.90. The largest absolute Gasteiger partial charge is 0.545 e. The van der Waals surface area contributed by atoms with Gasteiger partial charge in [0.2, 0.25) is 0 Å². The molecule has 0 aliphatic carbocycles. The average Bonchev–Trinajstić information content (AvgIpc) is 2.30. The number of carbonyl (C=O) groups excluding carboxylic acids is 1. The molecule has 0 bridgehead atoms. The van der Waals surface area contributed by atoms with E-state index in [4.69, 9.17) is 0 Å². The fraction of sp³-hybridized carbons (Fsp3) is 0.133. The molecule has 0 atom stereocenters. The minimum Gasteiger partial charge on any atom is -0.545 e. The number of hydrogen-bond donors (Lipinski definition) is 0. The summed E-state index contributed by atoms with van der Waals surface area (Å²) in [7, 11) is 0. The predicted octanol–water partition coefficient (Wildman–Crippen LogP) is 2.33. The summed E-state index contributed by atoms with van der Waals surface area (Å²) in [6.45, 7) is 3.95. The maximum atomic E-state index is 10.8. The molecule has 0 spiro atoms. The molecule has 2 heteroatoms. The second kappa shape index (κ2) is 4.42. The van der Waals surface area contributed by atoms with E-state index in [1.807, 2.05) is 44.2 Å². The summed E-state index contributed by atoms with van der Waals surface area (Å²) in [5.41, 5.74) is 4.54. The van der Waals surface area contributed by atoms with Crippen LogP contribution in [0.3, 0.4) is 0 Å². The van der Waals surface area contributed by atoms with Crippen LogP contribution >= 0.6 is 0 Å². The fourth-order valence-corrected chi connectivity index (χ4v) is 1.97. The van der Waals surface area contributed by atoms with Crippen molar-refractivity contribution in [1.29, 1.82) is 0 Å². The van der Waals surface area contributed by atoms with Crippen molar-refractivity contribution in [2.45, 2.75) is 13.8 Å². The lowest BCUT2D eigenvalue weighted by Gasteiger charge is -2.11. The molecular formula is C15H13O2-. The molecule has 2 aromatic carbocycles. The van der Waals surface area contributed by atoms with Crippen LogP contribution < -0.4 is 5.11 Å². The summed E-state index contributed by atoms with van der Waals surface area (Å²) in [5.74, 6) is -1.13. The van der Waals surface area contributed by atoms with Crippen LogP contribution in [-0.4, -0.2) is 5.97 Å². The van der Waals surface area contributed by atoms with Crippen molar-refractivity contribution in [2.24, 2.45) is 0 Å². The van der Waals surface area contributed by atoms with E-state index in [0.29, 0.717) is 0 Å². The predicted molar refractivity (Wildman–Crippen MR) is 65.7 cm³/mol. The van der Waals surface area contributed by atoms with Crippen LogP contribution in [0.15, 0.2) is 42.5 Å². The topological polar surface area (TPSA) is 40.1 Å². The lowest BCUT2D eigenvalue weighted by Crippen LogP contribution is -2.22. The smallest absolute Gasteiger partial charge is 0.0715 e. The van der Waals surface area contributed by atoms with E-state index in [9.17, 15) is 9.90 Å². The van der Waals surface area contributed by atoms with E-state index < -0.39 is 5.97 Å². The van der Waals surface area contributed by atoms with Gasteiger partial charge in [-0.05, 0) is 47.7 Å². The molecule has 0 fully saturated rings. The Hall–Kier alpha value is -2.09. The van der Waals surface area contributed by atoms with Crippen molar-refractivity contribution in [3.8, 4) is 11.1 Å². The van der Waals surface area contributed by atoms with Gasteiger partial charge in [0.25, 0.3) is 0 Å². The number of aromatic carboxylic acids is 1. The van der Waals surface area contributed by atoms with Gasteiger partial charge in [0, 0.05) is 0 Å². The third kappa shape index (κ3) is 2.21. The van der Waals surface area contributed by atoms with Crippen molar-refractivity contribution >= 4 is 5.97 Å². The highest BCUT2D eigenvalue weighted by Crippen LogP contribution is 2.26. The van der Waals surface area contributed by atoms with E-state index in [1.54, 1.807) is 12.1 Å². The molecule has 86 valence electrons. The summed E-state index contributed by atoms with van der Waals surface area (Å²) < 4.78 is 0. The molecule has 2 nitrogen and oxygen atoms in total. The van der Waals surface area contributed by atoms with Gasteiger partial charge in [0.05, 0.1) is 5.97 Å². The lowest BCUT2D eigenvalue weighted by molar-refractivity contribution is -0.255. The Morgan fingerprint density at radius 1 is 0.941 bits per heavy atom. The van der Waals surface area contributed by atoms with Crippen molar-refractivity contribution in [1.82, 2.24) is 0 Å². The summed E-state index contributed by atoms with van der Waals surface area (Å²) in [4.78, 5) is 10.8. The Kier molecular flexibility index (Phi) is 2.96. The minimum atomic E-state index is -1.13. The number of benzene rings is 2. The Labute approximate surface area is 101 Å². The zero-order valence-electron chi connectivity index (χ0n) is 9.86. The SMILES string of the molecule is Cc1ccccc1-c1ccc(C(=O)[O-])cc1C. The van der Waals surface area contributed by atoms with Gasteiger partial charge in [0.15, 0.2) is 0 Å². The summed E-state index contributed by atoms with van der Waals surface area (Å²) >= 11 is 0. The third-order valence-electron chi connectivity index (χ3n) is 2.90. The quantitative estimate of drug-likeness (QED) is 0.787. The minimum absolute atomic E-state index is 0.222. The molecule has 2 aromatic rings. The van der Waals surface area contributed by atoms with Crippen LogP contribution in [0.2, 0.25) is 0 Å². The maximum Gasteiger partial charge on any atom is 0.0715 e. The molecule has 0 N–H and O–H groups in total. The van der Waals surface area contributed by atoms with Crippen LogP contribution in [0.5, 0.6) is 0 Å². The van der Waals surface area contributed by atoms with Gasteiger partial charge in [-0.2, -0.15) is 0 Å². The highest BCUT2D eigenvalue weighted by Gasteiger charge is 2.05. The molecule has 0 unspecified atom stereocenters. The van der Waals surface area contributed by atoms with Gasteiger partial charge in [0.1, 0.15) is 0 Å². The summed E-state index contributed by atoms with van der Waals surface area (Å²) in [5, 5.41) is 10.8. The zero-order valence-corrected chi connectivity index (χ0v) is 9.86. The Morgan fingerprint density at radius 3 is 2.18 bits per heavy atom. The number of carboxylic acid groups (broad SMARTS) is 1. The van der Waals surface area contributed by atoms with E-state index in [-0.39, 0.29) is 5.56 Å². The van der Waals surface area contributed by atoms with E-state index >= 15 is 0 Å². The van der Waals surface area contributed by atoms with Gasteiger partial charge < -0.3 is 9.90 Å². The molecule has 0 heterocycles. The number of aryl methyl sites for hydroxylation is 2. The normalized spacial score (nSPS) is 10.2. The van der Waals surface area contributed by atoms with Gasteiger partial charge in [-0.15, -0.1) is 0 Å². The Bertz CT molecular complexity index is 571. The lowest BCUT2D eigenvalue weighted by atomic mass is 9.95. The monoisotopic (exact) mass is 225 g/mol. The van der Waals surface area contributed by atoms with Gasteiger partial charge in [-0.3, -0.25) is 0 Å². The van der Waals surface area contributed by atoms with Crippen LogP contribution in [0.25, 0.3) is 11.1 Å². The molecule has 0 aromatic heterocycles. The molecule has 2 rings (SSSR count). The summed E-state index contributed by atoms with van der Waals surface area (Å²) in [6.07, 6.45) is 0. The van der Waals surface area contributed by atoms with Crippen LogP contribution in [0.1, 0.15) is 21.5 Å². The first-order valence-corrected chi connectivity index (χ1v) is 5.47. The molecule has 0 saturated heterocycles. The number of rotatable bonds is 2. The van der Waals surface area contributed by atoms with E-state index in [1.165, 1.54) is 5.56 Å². The first-order chi connectivity index (χ1) is 8.09.